The molecule has 24 heavy (non-hydrogen) atoms. The highest BCUT2D eigenvalue weighted by Crippen LogP contribution is 2.31. The number of nitrogens with one attached hydrogen (secondary N) is 1. The Labute approximate surface area is 145 Å². The molecule has 0 radical (unpaired) electrons. The van der Waals surface area contributed by atoms with Crippen LogP contribution in [0.5, 0.6) is 0 Å². The Kier molecular flexibility index (Phi) is 5.92. The smallest absolute Gasteiger partial charge is 0.293 e. The van der Waals surface area contributed by atoms with Gasteiger partial charge in [0.25, 0.3) is 11.6 Å². The molecule has 2 rings (SSSR count). The van der Waals surface area contributed by atoms with Crippen LogP contribution < -0.4 is 10.2 Å². The molecule has 0 spiro atoms. The van der Waals surface area contributed by atoms with Crippen molar-refractivity contribution in [2.24, 2.45) is 0 Å². The zero-order chi connectivity index (χ0) is 17.7. The lowest BCUT2D eigenvalue weighted by molar-refractivity contribution is -0.384. The number of carbonyl (C=O) groups excluding carboxylic acids is 1. The molecule has 1 amide bonds. The van der Waals surface area contributed by atoms with Crippen LogP contribution in [0.3, 0.4) is 0 Å². The van der Waals surface area contributed by atoms with Gasteiger partial charge in [-0.15, -0.1) is 11.3 Å². The molecular weight excluding hydrogens is 326 g/mol. The fourth-order valence-electron chi connectivity index (χ4n) is 2.38. The molecule has 0 bridgehead atoms. The van der Waals surface area contributed by atoms with Crippen LogP contribution in [0.4, 0.5) is 11.4 Å². The van der Waals surface area contributed by atoms with E-state index in [1.54, 1.807) is 23.5 Å². The Morgan fingerprint density at radius 1 is 1.38 bits per heavy atom. The van der Waals surface area contributed by atoms with Crippen LogP contribution >= 0.6 is 11.3 Å². The average Bonchev–Trinajstić information content (AvgIpc) is 3.04. The first-order valence-corrected chi connectivity index (χ1v) is 8.67. The molecule has 6 nitrogen and oxygen atoms in total. The standard InChI is InChI=1S/C17H21N3O3S/c1-4-19(11-14-6-5-9-24-14)15-8-7-13(10-16(15)20(22)23)17(21)18-12(2)3/h5-10,12H,4,11H2,1-3H3,(H,18,21). The van der Waals surface area contributed by atoms with E-state index in [-0.39, 0.29) is 17.6 Å². The van der Waals surface area contributed by atoms with Gasteiger partial charge in [0.05, 0.1) is 11.5 Å². The highest BCUT2D eigenvalue weighted by molar-refractivity contribution is 7.09. The van der Waals surface area contributed by atoms with Crippen molar-refractivity contribution in [3.8, 4) is 0 Å². The molecule has 1 aromatic heterocycles. The van der Waals surface area contributed by atoms with Crippen LogP contribution in [0.1, 0.15) is 36.0 Å². The molecule has 0 aliphatic carbocycles. The van der Waals surface area contributed by atoms with Gasteiger partial charge in [-0.25, -0.2) is 0 Å². The molecule has 0 atom stereocenters. The first kappa shape index (κ1) is 17.9. The lowest BCUT2D eigenvalue weighted by Crippen LogP contribution is -2.30. The van der Waals surface area contributed by atoms with E-state index in [1.165, 1.54) is 6.07 Å². The Morgan fingerprint density at radius 2 is 2.12 bits per heavy atom. The topological polar surface area (TPSA) is 75.5 Å². The Bertz CT molecular complexity index is 714. The minimum Gasteiger partial charge on any atom is -0.361 e. The number of rotatable bonds is 7. The molecule has 0 unspecified atom stereocenters. The number of nitro groups is 1. The van der Waals surface area contributed by atoms with Crippen LogP contribution in [-0.2, 0) is 6.54 Å². The molecular formula is C17H21N3O3S. The van der Waals surface area contributed by atoms with Gasteiger partial charge in [-0.3, -0.25) is 14.9 Å². The van der Waals surface area contributed by atoms with E-state index in [9.17, 15) is 14.9 Å². The molecule has 1 N–H and O–H groups in total. The number of benzene rings is 1. The minimum absolute atomic E-state index is 0.0257. The number of amides is 1. The molecule has 1 heterocycles. The average molecular weight is 347 g/mol. The fraction of sp³-hybridized carbons (Fsp3) is 0.353. The molecule has 7 heteroatoms. The summed E-state index contributed by atoms with van der Waals surface area (Å²) >= 11 is 1.61. The lowest BCUT2D eigenvalue weighted by Gasteiger charge is -2.22. The monoisotopic (exact) mass is 347 g/mol. The second kappa shape index (κ2) is 7.92. The zero-order valence-electron chi connectivity index (χ0n) is 14.0. The van der Waals surface area contributed by atoms with E-state index in [0.717, 1.165) is 4.88 Å². The molecule has 128 valence electrons. The molecule has 0 saturated carbocycles. The summed E-state index contributed by atoms with van der Waals surface area (Å²) in [6.45, 7) is 6.89. The third-order valence-electron chi connectivity index (χ3n) is 3.50. The van der Waals surface area contributed by atoms with Crippen LogP contribution in [0.15, 0.2) is 35.7 Å². The van der Waals surface area contributed by atoms with Gasteiger partial charge in [-0.1, -0.05) is 6.07 Å². The summed E-state index contributed by atoms with van der Waals surface area (Å²) in [5, 5.41) is 16.2. The second-order valence-electron chi connectivity index (χ2n) is 5.68. The number of nitrogens with zero attached hydrogens (tertiary/aromatic N) is 2. The third-order valence-corrected chi connectivity index (χ3v) is 4.36. The van der Waals surface area contributed by atoms with Crippen molar-refractivity contribution in [2.75, 3.05) is 11.4 Å². The van der Waals surface area contributed by atoms with Gasteiger partial charge in [0, 0.05) is 29.1 Å². The summed E-state index contributed by atoms with van der Waals surface area (Å²) in [5.41, 5.74) is 0.771. The molecule has 1 aromatic carbocycles. The number of thiophene rings is 1. The maximum Gasteiger partial charge on any atom is 0.293 e. The van der Waals surface area contributed by atoms with Crippen molar-refractivity contribution in [3.05, 3.63) is 56.3 Å². The van der Waals surface area contributed by atoms with E-state index < -0.39 is 4.92 Å². The predicted octanol–water partition coefficient (Wildman–Crippen LogP) is 3.82. The van der Waals surface area contributed by atoms with Gasteiger partial charge in [-0.05, 0) is 44.4 Å². The summed E-state index contributed by atoms with van der Waals surface area (Å²) in [6, 6.07) is 8.58. The number of nitro benzene ring substituents is 1. The predicted molar refractivity (Wildman–Crippen MR) is 96.7 cm³/mol. The number of hydrogen-bond acceptors (Lipinski definition) is 5. The van der Waals surface area contributed by atoms with Crippen LogP contribution in [0.25, 0.3) is 0 Å². The van der Waals surface area contributed by atoms with E-state index in [4.69, 9.17) is 0 Å². The highest BCUT2D eigenvalue weighted by Gasteiger charge is 2.21. The largest absolute Gasteiger partial charge is 0.361 e. The zero-order valence-corrected chi connectivity index (χ0v) is 14.8. The molecule has 2 aromatic rings. The maximum atomic E-state index is 12.1. The van der Waals surface area contributed by atoms with Gasteiger partial charge in [-0.2, -0.15) is 0 Å². The van der Waals surface area contributed by atoms with Crippen molar-refractivity contribution >= 4 is 28.6 Å². The summed E-state index contributed by atoms with van der Waals surface area (Å²) in [7, 11) is 0. The van der Waals surface area contributed by atoms with Crippen molar-refractivity contribution < 1.29 is 9.72 Å². The van der Waals surface area contributed by atoms with E-state index in [0.29, 0.717) is 24.3 Å². The van der Waals surface area contributed by atoms with Gasteiger partial charge in [0.1, 0.15) is 5.69 Å². The SMILES string of the molecule is CCN(Cc1cccs1)c1ccc(C(=O)NC(C)C)cc1[N+](=O)[O-]. The van der Waals surface area contributed by atoms with Crippen LogP contribution in [0.2, 0.25) is 0 Å². The Hall–Kier alpha value is -2.41. The van der Waals surface area contributed by atoms with Crippen LogP contribution in [0, 0.1) is 10.1 Å². The van der Waals surface area contributed by atoms with Gasteiger partial charge >= 0.3 is 0 Å². The van der Waals surface area contributed by atoms with Crippen LogP contribution in [-0.4, -0.2) is 23.4 Å². The third kappa shape index (κ3) is 4.32. The van der Waals surface area contributed by atoms with E-state index in [1.807, 2.05) is 43.2 Å². The van der Waals surface area contributed by atoms with E-state index in [2.05, 4.69) is 5.32 Å². The molecule has 0 aliphatic heterocycles. The van der Waals surface area contributed by atoms with Gasteiger partial charge < -0.3 is 10.2 Å². The van der Waals surface area contributed by atoms with Crippen molar-refractivity contribution in [1.29, 1.82) is 0 Å². The summed E-state index contributed by atoms with van der Waals surface area (Å²) in [4.78, 5) is 26.2. The van der Waals surface area contributed by atoms with Gasteiger partial charge in [0.15, 0.2) is 0 Å². The Morgan fingerprint density at radius 3 is 2.67 bits per heavy atom. The summed E-state index contributed by atoms with van der Waals surface area (Å²) in [5.74, 6) is -0.305. The first-order valence-electron chi connectivity index (χ1n) is 7.79. The molecule has 0 saturated heterocycles. The highest BCUT2D eigenvalue weighted by atomic mass is 32.1. The number of hydrogen-bond donors (Lipinski definition) is 1. The summed E-state index contributed by atoms with van der Waals surface area (Å²) < 4.78 is 0. The van der Waals surface area contributed by atoms with Crippen molar-refractivity contribution in [3.63, 3.8) is 0 Å². The maximum absolute atomic E-state index is 12.1. The number of carbonyl (C=O) groups is 1. The van der Waals surface area contributed by atoms with E-state index >= 15 is 0 Å². The molecule has 0 aliphatic rings. The first-order chi connectivity index (χ1) is 11.4. The number of anilines is 1. The minimum atomic E-state index is -0.432. The fourth-order valence-corrected chi connectivity index (χ4v) is 3.10. The molecule has 0 fully saturated rings. The van der Waals surface area contributed by atoms with Crippen molar-refractivity contribution in [2.45, 2.75) is 33.4 Å². The Balaban J connectivity index is 2.34. The lowest BCUT2D eigenvalue weighted by atomic mass is 10.1. The summed E-state index contributed by atoms with van der Waals surface area (Å²) in [6.07, 6.45) is 0. The normalized spacial score (nSPS) is 10.7. The van der Waals surface area contributed by atoms with Crippen molar-refractivity contribution in [1.82, 2.24) is 5.32 Å². The quantitative estimate of drug-likeness (QED) is 0.610. The van der Waals surface area contributed by atoms with Gasteiger partial charge in [0.2, 0.25) is 0 Å². The second-order valence-corrected chi connectivity index (χ2v) is 6.71.